The minimum Gasteiger partial charge on any atom is -0.480 e. The lowest BCUT2D eigenvalue weighted by Crippen LogP contribution is -2.53. The van der Waals surface area contributed by atoms with Gasteiger partial charge in [-0.05, 0) is 44.5 Å². The molecule has 6 nitrogen and oxygen atoms in total. The highest BCUT2D eigenvalue weighted by atomic mass is 16.4. The molecule has 0 bridgehead atoms. The van der Waals surface area contributed by atoms with Crippen LogP contribution in [0.4, 0.5) is 0 Å². The van der Waals surface area contributed by atoms with Crippen LogP contribution in [0, 0.1) is 0 Å². The molecule has 4 N–H and O–H groups in total. The summed E-state index contributed by atoms with van der Waals surface area (Å²) in [5.41, 5.74) is -0.267. The van der Waals surface area contributed by atoms with Crippen molar-refractivity contribution in [2.75, 3.05) is 13.1 Å². The Balaban J connectivity index is 1.87. The number of rotatable bonds is 12. The third-order valence-electron chi connectivity index (χ3n) is 5.13. The van der Waals surface area contributed by atoms with E-state index in [0.29, 0.717) is 32.4 Å². The fourth-order valence-corrected chi connectivity index (χ4v) is 3.25. The monoisotopic (exact) mass is 398 g/mol. The van der Waals surface area contributed by atoms with Crippen LogP contribution in [-0.2, 0) is 22.4 Å². The van der Waals surface area contributed by atoms with Crippen molar-refractivity contribution in [3.8, 4) is 0 Å². The molecule has 6 heteroatoms. The number of carboxylic acid groups (broad SMARTS) is 2. The SMILES string of the molecule is CC(Cc1ccccc1)(NCCCNC(C)(Cc1ccccc1)C(=O)O)C(=O)O. The van der Waals surface area contributed by atoms with Crippen LogP contribution >= 0.6 is 0 Å². The molecule has 0 aliphatic carbocycles. The topological polar surface area (TPSA) is 98.7 Å². The summed E-state index contributed by atoms with van der Waals surface area (Å²) in [6.45, 7) is 4.27. The lowest BCUT2D eigenvalue weighted by molar-refractivity contribution is -0.144. The molecule has 0 radical (unpaired) electrons. The Morgan fingerprint density at radius 2 is 1.07 bits per heavy atom. The first kappa shape index (κ1) is 22.6. The molecule has 0 fully saturated rings. The Labute approximate surface area is 172 Å². The van der Waals surface area contributed by atoms with Gasteiger partial charge in [0, 0.05) is 12.8 Å². The maximum atomic E-state index is 11.8. The van der Waals surface area contributed by atoms with Crippen LogP contribution < -0.4 is 10.6 Å². The molecule has 0 amide bonds. The van der Waals surface area contributed by atoms with Crippen LogP contribution in [0.5, 0.6) is 0 Å². The summed E-state index contributed by atoms with van der Waals surface area (Å²) < 4.78 is 0. The molecule has 2 rings (SSSR count). The summed E-state index contributed by atoms with van der Waals surface area (Å²) in [5, 5.41) is 25.6. The van der Waals surface area contributed by atoms with E-state index < -0.39 is 23.0 Å². The van der Waals surface area contributed by atoms with Crippen LogP contribution in [0.1, 0.15) is 31.4 Å². The Morgan fingerprint density at radius 3 is 1.38 bits per heavy atom. The molecule has 0 spiro atoms. The average molecular weight is 399 g/mol. The number of aliphatic carboxylic acids is 2. The molecule has 0 saturated carbocycles. The van der Waals surface area contributed by atoms with Gasteiger partial charge in [-0.2, -0.15) is 0 Å². The highest BCUT2D eigenvalue weighted by Crippen LogP contribution is 2.15. The molecule has 29 heavy (non-hydrogen) atoms. The van der Waals surface area contributed by atoms with Gasteiger partial charge >= 0.3 is 11.9 Å². The van der Waals surface area contributed by atoms with Crippen molar-refractivity contribution in [1.82, 2.24) is 10.6 Å². The third-order valence-corrected chi connectivity index (χ3v) is 5.13. The van der Waals surface area contributed by atoms with Gasteiger partial charge < -0.3 is 20.8 Å². The third kappa shape index (κ3) is 6.69. The van der Waals surface area contributed by atoms with Crippen molar-refractivity contribution >= 4 is 11.9 Å². The van der Waals surface area contributed by atoms with Gasteiger partial charge in [-0.3, -0.25) is 9.59 Å². The Kier molecular flexibility index (Phi) is 7.93. The van der Waals surface area contributed by atoms with E-state index in [1.54, 1.807) is 13.8 Å². The molecular formula is C23H30N2O4. The van der Waals surface area contributed by atoms with Crippen LogP contribution in [0.2, 0.25) is 0 Å². The molecule has 0 aromatic heterocycles. The maximum absolute atomic E-state index is 11.8. The lowest BCUT2D eigenvalue weighted by Gasteiger charge is -2.28. The van der Waals surface area contributed by atoms with Crippen LogP contribution in [0.25, 0.3) is 0 Å². The van der Waals surface area contributed by atoms with E-state index in [1.807, 2.05) is 60.7 Å². The Bertz CT molecular complexity index is 730. The normalized spacial score (nSPS) is 15.2. The predicted octanol–water partition coefficient (Wildman–Crippen LogP) is 2.73. The Morgan fingerprint density at radius 1 is 0.724 bits per heavy atom. The van der Waals surface area contributed by atoms with Gasteiger partial charge in [0.15, 0.2) is 0 Å². The van der Waals surface area contributed by atoms with Crippen LogP contribution in [0.3, 0.4) is 0 Å². The number of benzene rings is 2. The standard InChI is InChI=1S/C23H30N2O4/c1-22(20(26)27,16-18-10-5-3-6-11-18)24-14-9-15-25-23(2,21(28)29)17-19-12-7-4-8-13-19/h3-8,10-13,24-25H,9,14-17H2,1-2H3,(H,26,27)(H,28,29). The van der Waals surface area contributed by atoms with Crippen LogP contribution in [-0.4, -0.2) is 46.3 Å². The van der Waals surface area contributed by atoms with Crippen molar-refractivity contribution in [2.45, 2.75) is 44.2 Å². The van der Waals surface area contributed by atoms with Crippen molar-refractivity contribution in [3.05, 3.63) is 71.8 Å². The minimum absolute atomic E-state index is 0.372. The molecule has 2 unspecified atom stereocenters. The molecule has 0 saturated heterocycles. The van der Waals surface area contributed by atoms with Crippen molar-refractivity contribution in [1.29, 1.82) is 0 Å². The van der Waals surface area contributed by atoms with Gasteiger partial charge in [-0.25, -0.2) is 0 Å². The van der Waals surface area contributed by atoms with Crippen molar-refractivity contribution in [3.63, 3.8) is 0 Å². The first-order valence-electron chi connectivity index (χ1n) is 9.80. The van der Waals surface area contributed by atoms with Gasteiger partial charge in [0.05, 0.1) is 0 Å². The number of hydrogen-bond donors (Lipinski definition) is 4. The molecule has 0 heterocycles. The summed E-state index contributed by atoms with van der Waals surface area (Å²) >= 11 is 0. The maximum Gasteiger partial charge on any atom is 0.323 e. The van der Waals surface area contributed by atoms with E-state index >= 15 is 0 Å². The molecule has 156 valence electrons. The van der Waals surface area contributed by atoms with E-state index in [9.17, 15) is 19.8 Å². The largest absolute Gasteiger partial charge is 0.480 e. The molecule has 0 aliphatic heterocycles. The van der Waals surface area contributed by atoms with Gasteiger partial charge in [0.25, 0.3) is 0 Å². The second kappa shape index (κ2) is 10.2. The minimum atomic E-state index is -1.08. The van der Waals surface area contributed by atoms with Crippen molar-refractivity contribution < 1.29 is 19.8 Å². The van der Waals surface area contributed by atoms with E-state index in [2.05, 4.69) is 10.6 Å². The summed E-state index contributed by atoms with van der Waals surface area (Å²) in [7, 11) is 0. The second-order valence-corrected chi connectivity index (χ2v) is 7.81. The molecular weight excluding hydrogens is 368 g/mol. The van der Waals surface area contributed by atoms with Gasteiger partial charge in [0.2, 0.25) is 0 Å². The highest BCUT2D eigenvalue weighted by molar-refractivity contribution is 5.79. The quantitative estimate of drug-likeness (QED) is 0.411. The second-order valence-electron chi connectivity index (χ2n) is 7.81. The summed E-state index contributed by atoms with van der Waals surface area (Å²) in [6, 6.07) is 19.0. The Hall–Kier alpha value is -2.70. The van der Waals surface area contributed by atoms with E-state index in [-0.39, 0.29) is 0 Å². The zero-order chi connectivity index (χ0) is 21.3. The fourth-order valence-electron chi connectivity index (χ4n) is 3.25. The lowest BCUT2D eigenvalue weighted by atomic mass is 9.92. The number of carbonyl (C=O) groups is 2. The van der Waals surface area contributed by atoms with Gasteiger partial charge in [0.1, 0.15) is 11.1 Å². The number of hydrogen-bond acceptors (Lipinski definition) is 4. The first-order valence-corrected chi connectivity index (χ1v) is 9.80. The van der Waals surface area contributed by atoms with E-state index in [1.165, 1.54) is 0 Å². The molecule has 0 aliphatic rings. The zero-order valence-corrected chi connectivity index (χ0v) is 17.0. The van der Waals surface area contributed by atoms with E-state index in [4.69, 9.17) is 0 Å². The average Bonchev–Trinajstić information content (AvgIpc) is 2.69. The molecule has 2 aromatic rings. The van der Waals surface area contributed by atoms with E-state index in [0.717, 1.165) is 11.1 Å². The highest BCUT2D eigenvalue weighted by Gasteiger charge is 2.34. The zero-order valence-electron chi connectivity index (χ0n) is 17.0. The van der Waals surface area contributed by atoms with Gasteiger partial charge in [-0.1, -0.05) is 60.7 Å². The number of nitrogens with one attached hydrogen (secondary N) is 2. The van der Waals surface area contributed by atoms with Crippen LogP contribution in [0.15, 0.2) is 60.7 Å². The summed E-state index contributed by atoms with van der Waals surface area (Å²) in [4.78, 5) is 23.6. The number of carboxylic acids is 2. The smallest absolute Gasteiger partial charge is 0.323 e. The molecule has 2 aromatic carbocycles. The van der Waals surface area contributed by atoms with Gasteiger partial charge in [-0.15, -0.1) is 0 Å². The fraction of sp³-hybridized carbons (Fsp3) is 0.391. The predicted molar refractivity (Wildman–Crippen MR) is 113 cm³/mol. The first-order chi connectivity index (χ1) is 13.8. The summed E-state index contributed by atoms with van der Waals surface area (Å²) in [6.07, 6.45) is 1.35. The summed E-state index contributed by atoms with van der Waals surface area (Å²) in [5.74, 6) is -1.82. The van der Waals surface area contributed by atoms with Crippen molar-refractivity contribution in [2.24, 2.45) is 0 Å². The molecule has 2 atom stereocenters.